The number of carboxylic acids is 1. The number of carbonyl (C=O) groups excluding carboxylic acids is 1. The standard InChI is InChI=1S/C23H22F3N3O3/c24-23(25,26)16-5-1-3-13(12-16)11-15-4-2-6-18-19(15)20(29-28-18)21(30)27-17-9-7-14(8-10-17)22(31)32/h1-6,12,14,17H,7-11H2,(H,27,30)(H,28,29)(H,31,32). The summed E-state index contributed by atoms with van der Waals surface area (Å²) < 4.78 is 39.2. The molecule has 9 heteroatoms. The molecule has 0 aliphatic heterocycles. The molecule has 2 aromatic carbocycles. The number of nitrogens with one attached hydrogen (secondary N) is 2. The third-order valence-corrected chi connectivity index (χ3v) is 5.95. The molecule has 0 saturated heterocycles. The van der Waals surface area contributed by atoms with E-state index in [1.807, 2.05) is 0 Å². The molecule has 1 amide bonds. The van der Waals surface area contributed by atoms with Gasteiger partial charge in [0.1, 0.15) is 0 Å². The number of aromatic nitrogens is 2. The van der Waals surface area contributed by atoms with Gasteiger partial charge in [0.25, 0.3) is 5.91 Å². The number of carboxylic acid groups (broad SMARTS) is 1. The van der Waals surface area contributed by atoms with E-state index in [9.17, 15) is 22.8 Å². The van der Waals surface area contributed by atoms with Gasteiger partial charge in [0.05, 0.1) is 17.0 Å². The van der Waals surface area contributed by atoms with E-state index >= 15 is 0 Å². The zero-order valence-electron chi connectivity index (χ0n) is 17.1. The molecule has 3 aromatic rings. The first-order valence-electron chi connectivity index (χ1n) is 10.4. The molecule has 1 aromatic heterocycles. The average molecular weight is 445 g/mol. The van der Waals surface area contributed by atoms with E-state index < -0.39 is 17.7 Å². The van der Waals surface area contributed by atoms with Crippen LogP contribution in [-0.2, 0) is 17.4 Å². The molecule has 4 rings (SSSR count). The first kappa shape index (κ1) is 21.9. The molecule has 1 aliphatic rings. The smallest absolute Gasteiger partial charge is 0.416 e. The number of rotatable bonds is 5. The van der Waals surface area contributed by atoms with Crippen LogP contribution in [-0.4, -0.2) is 33.2 Å². The SMILES string of the molecule is O=C(NC1CCC(C(=O)O)CC1)c1n[nH]c2cccc(Cc3cccc(C(F)(F)F)c3)c12. The Hall–Kier alpha value is -3.36. The molecule has 1 fully saturated rings. The van der Waals surface area contributed by atoms with Crippen LogP contribution in [0.15, 0.2) is 42.5 Å². The second kappa shape index (κ2) is 8.64. The minimum absolute atomic E-state index is 0.138. The number of halogens is 3. The highest BCUT2D eigenvalue weighted by Gasteiger charge is 2.31. The van der Waals surface area contributed by atoms with Gasteiger partial charge in [0, 0.05) is 11.4 Å². The fourth-order valence-electron chi connectivity index (χ4n) is 4.27. The second-order valence-electron chi connectivity index (χ2n) is 8.15. The molecule has 0 bridgehead atoms. The van der Waals surface area contributed by atoms with Gasteiger partial charge >= 0.3 is 12.1 Å². The van der Waals surface area contributed by atoms with E-state index in [0.717, 1.165) is 12.1 Å². The fraction of sp³-hybridized carbons (Fsp3) is 0.348. The predicted molar refractivity (Wildman–Crippen MR) is 111 cm³/mol. The summed E-state index contributed by atoms with van der Waals surface area (Å²) in [4.78, 5) is 24.1. The van der Waals surface area contributed by atoms with Gasteiger partial charge in [-0.25, -0.2) is 0 Å². The Labute approximate surface area is 181 Å². The number of hydrogen-bond donors (Lipinski definition) is 3. The first-order valence-corrected chi connectivity index (χ1v) is 10.4. The van der Waals surface area contributed by atoms with Gasteiger partial charge in [-0.3, -0.25) is 14.7 Å². The Balaban J connectivity index is 1.56. The molecule has 1 aliphatic carbocycles. The van der Waals surface area contributed by atoms with Crippen LogP contribution in [0.5, 0.6) is 0 Å². The van der Waals surface area contributed by atoms with Crippen LogP contribution in [0.4, 0.5) is 13.2 Å². The molecular weight excluding hydrogens is 423 g/mol. The Morgan fingerprint density at radius 3 is 2.50 bits per heavy atom. The average Bonchev–Trinajstić information content (AvgIpc) is 3.19. The number of hydrogen-bond acceptors (Lipinski definition) is 3. The van der Waals surface area contributed by atoms with Gasteiger partial charge in [-0.2, -0.15) is 18.3 Å². The van der Waals surface area contributed by atoms with E-state index in [2.05, 4.69) is 15.5 Å². The van der Waals surface area contributed by atoms with E-state index in [-0.39, 0.29) is 30.0 Å². The Kier molecular flexibility index (Phi) is 5.90. The molecule has 3 N–H and O–H groups in total. The topological polar surface area (TPSA) is 95.1 Å². The first-order chi connectivity index (χ1) is 15.2. The molecule has 1 saturated carbocycles. The van der Waals surface area contributed by atoms with Gasteiger partial charge in [0.15, 0.2) is 5.69 Å². The maximum atomic E-state index is 13.1. The zero-order valence-corrected chi connectivity index (χ0v) is 17.1. The lowest BCUT2D eigenvalue weighted by Gasteiger charge is -2.26. The van der Waals surface area contributed by atoms with Gasteiger partial charge in [-0.15, -0.1) is 0 Å². The Morgan fingerprint density at radius 2 is 1.81 bits per heavy atom. The van der Waals surface area contributed by atoms with Gasteiger partial charge in [-0.05, 0) is 55.4 Å². The molecule has 1 heterocycles. The van der Waals surface area contributed by atoms with Crippen LogP contribution in [0.1, 0.15) is 52.9 Å². The van der Waals surface area contributed by atoms with Crippen molar-refractivity contribution in [2.45, 2.75) is 44.3 Å². The van der Waals surface area contributed by atoms with Crippen molar-refractivity contribution in [2.24, 2.45) is 5.92 Å². The number of H-pyrrole nitrogens is 1. The minimum Gasteiger partial charge on any atom is -0.481 e. The summed E-state index contributed by atoms with van der Waals surface area (Å²) in [6.45, 7) is 0. The van der Waals surface area contributed by atoms with E-state index in [1.165, 1.54) is 6.07 Å². The minimum atomic E-state index is -4.43. The maximum Gasteiger partial charge on any atom is 0.416 e. The number of benzene rings is 2. The van der Waals surface area contributed by atoms with Crippen molar-refractivity contribution in [2.75, 3.05) is 0 Å². The van der Waals surface area contributed by atoms with Gasteiger partial charge in [0.2, 0.25) is 0 Å². The highest BCUT2D eigenvalue weighted by Crippen LogP contribution is 2.31. The second-order valence-corrected chi connectivity index (χ2v) is 8.15. The molecule has 0 unspecified atom stereocenters. The molecule has 0 spiro atoms. The van der Waals surface area contributed by atoms with Crippen LogP contribution in [0, 0.1) is 5.92 Å². The van der Waals surface area contributed by atoms with Crippen LogP contribution in [0.2, 0.25) is 0 Å². The van der Waals surface area contributed by atoms with Crippen molar-refractivity contribution in [1.82, 2.24) is 15.5 Å². The van der Waals surface area contributed by atoms with Crippen LogP contribution < -0.4 is 5.32 Å². The normalized spacial score (nSPS) is 19.1. The Bertz CT molecular complexity index is 1150. The lowest BCUT2D eigenvalue weighted by Crippen LogP contribution is -2.39. The van der Waals surface area contributed by atoms with Gasteiger partial charge < -0.3 is 10.4 Å². The van der Waals surface area contributed by atoms with E-state index in [4.69, 9.17) is 5.11 Å². The Morgan fingerprint density at radius 1 is 1.09 bits per heavy atom. The van der Waals surface area contributed by atoms with Crippen molar-refractivity contribution in [3.63, 3.8) is 0 Å². The summed E-state index contributed by atoms with van der Waals surface area (Å²) in [5.74, 6) is -1.58. The molecule has 0 radical (unpaired) electrons. The molecular formula is C23H22F3N3O3. The number of amides is 1. The third kappa shape index (κ3) is 4.61. The quantitative estimate of drug-likeness (QED) is 0.537. The molecule has 0 atom stereocenters. The molecule has 168 valence electrons. The lowest BCUT2D eigenvalue weighted by atomic mass is 9.86. The van der Waals surface area contributed by atoms with E-state index in [0.29, 0.717) is 47.7 Å². The van der Waals surface area contributed by atoms with Gasteiger partial charge in [-0.1, -0.05) is 30.3 Å². The van der Waals surface area contributed by atoms with Crippen molar-refractivity contribution < 1.29 is 27.9 Å². The van der Waals surface area contributed by atoms with Crippen LogP contribution in [0.25, 0.3) is 10.9 Å². The number of nitrogens with zero attached hydrogens (tertiary/aromatic N) is 1. The summed E-state index contributed by atoms with van der Waals surface area (Å²) >= 11 is 0. The maximum absolute atomic E-state index is 13.1. The highest BCUT2D eigenvalue weighted by molar-refractivity contribution is 6.06. The van der Waals surface area contributed by atoms with Crippen molar-refractivity contribution >= 4 is 22.8 Å². The van der Waals surface area contributed by atoms with Crippen molar-refractivity contribution in [3.8, 4) is 0 Å². The van der Waals surface area contributed by atoms with Crippen molar-refractivity contribution in [3.05, 3.63) is 64.8 Å². The van der Waals surface area contributed by atoms with Crippen molar-refractivity contribution in [1.29, 1.82) is 0 Å². The zero-order chi connectivity index (χ0) is 22.9. The number of carbonyl (C=O) groups is 2. The summed E-state index contributed by atoms with van der Waals surface area (Å²) in [5, 5.41) is 19.6. The fourth-order valence-corrected chi connectivity index (χ4v) is 4.27. The highest BCUT2D eigenvalue weighted by atomic mass is 19.4. The summed E-state index contributed by atoms with van der Waals surface area (Å²) in [6.07, 6.45) is -2.07. The molecule has 6 nitrogen and oxygen atoms in total. The number of aliphatic carboxylic acids is 1. The predicted octanol–water partition coefficient (Wildman–Crippen LogP) is 4.55. The largest absolute Gasteiger partial charge is 0.481 e. The summed E-state index contributed by atoms with van der Waals surface area (Å²) in [7, 11) is 0. The lowest BCUT2D eigenvalue weighted by molar-refractivity contribution is -0.143. The van der Waals surface area contributed by atoms with Crippen LogP contribution in [0.3, 0.4) is 0 Å². The molecule has 32 heavy (non-hydrogen) atoms. The summed E-state index contributed by atoms with van der Waals surface area (Å²) in [6, 6.07) is 10.3. The number of aromatic amines is 1. The number of alkyl halides is 3. The third-order valence-electron chi connectivity index (χ3n) is 5.95. The monoisotopic (exact) mass is 445 g/mol. The number of fused-ring (bicyclic) bond motifs is 1. The van der Waals surface area contributed by atoms with Crippen LogP contribution >= 0.6 is 0 Å². The van der Waals surface area contributed by atoms with E-state index in [1.54, 1.807) is 24.3 Å². The summed E-state index contributed by atoms with van der Waals surface area (Å²) in [5.41, 5.74) is 1.25.